The molecule has 12 nitrogen and oxygen atoms in total. The van der Waals surface area contributed by atoms with Crippen LogP contribution >= 0.6 is 11.6 Å². The van der Waals surface area contributed by atoms with Gasteiger partial charge in [-0.2, -0.15) is 0 Å². The number of carbonyl (C=O) groups is 1. The second-order valence-corrected chi connectivity index (χ2v) is 9.11. The standard InChI is InChI=1S/C27H30ClFN6O6/c1-38-27(37)24-23(17-41-16-20-15-35(34-33-20)8-10-39-12-13-40-11-9-36)31-26(18-4-6-30-7-5-18)32-25(24)21-3-2-19(29)14-22(21)28/h2-7,14-15,25,36H,8-13,16-17H2,1H3,(H,31,32)/t25-/m0/s1. The van der Waals surface area contributed by atoms with Crippen molar-refractivity contribution in [3.8, 4) is 0 Å². The molecule has 0 amide bonds. The van der Waals surface area contributed by atoms with Crippen molar-refractivity contribution in [3.05, 3.63) is 87.9 Å². The van der Waals surface area contributed by atoms with E-state index in [9.17, 15) is 9.18 Å². The van der Waals surface area contributed by atoms with Crippen LogP contribution in [0.5, 0.6) is 0 Å². The first-order chi connectivity index (χ1) is 20.0. The van der Waals surface area contributed by atoms with Gasteiger partial charge in [-0.05, 0) is 24.3 Å². The van der Waals surface area contributed by atoms with Gasteiger partial charge in [-0.3, -0.25) is 9.98 Å². The molecule has 0 spiro atoms. The Kier molecular flexibility index (Phi) is 11.3. The van der Waals surface area contributed by atoms with Crippen molar-refractivity contribution in [3.63, 3.8) is 0 Å². The fourth-order valence-electron chi connectivity index (χ4n) is 3.98. The molecule has 4 rings (SSSR count). The van der Waals surface area contributed by atoms with Gasteiger partial charge in [0.05, 0.1) is 77.4 Å². The lowest BCUT2D eigenvalue weighted by Crippen LogP contribution is -2.35. The zero-order chi connectivity index (χ0) is 29.0. The van der Waals surface area contributed by atoms with Crippen molar-refractivity contribution in [1.82, 2.24) is 25.3 Å². The summed E-state index contributed by atoms with van der Waals surface area (Å²) < 4.78 is 37.1. The van der Waals surface area contributed by atoms with Gasteiger partial charge in [-0.25, -0.2) is 13.9 Å². The quantitative estimate of drug-likeness (QED) is 0.200. The van der Waals surface area contributed by atoms with Crippen LogP contribution in [-0.4, -0.2) is 83.6 Å². The lowest BCUT2D eigenvalue weighted by molar-refractivity contribution is -0.136. The van der Waals surface area contributed by atoms with Gasteiger partial charge in [0.2, 0.25) is 0 Å². The number of aliphatic hydroxyl groups excluding tert-OH is 1. The topological polar surface area (TPSA) is 142 Å². The third kappa shape index (κ3) is 8.38. The number of benzene rings is 1. The molecule has 0 saturated heterocycles. The van der Waals surface area contributed by atoms with Gasteiger partial charge in [0.1, 0.15) is 23.4 Å². The molecule has 3 aromatic rings. The maximum atomic E-state index is 13.8. The number of amidine groups is 1. The number of methoxy groups -OCH3 is 1. The number of aromatic nitrogens is 4. The number of hydrogen-bond donors (Lipinski definition) is 2. The van der Waals surface area contributed by atoms with E-state index in [0.29, 0.717) is 49.2 Å². The highest BCUT2D eigenvalue weighted by molar-refractivity contribution is 6.31. The molecule has 1 aliphatic rings. The number of hydrogen-bond acceptors (Lipinski definition) is 11. The average Bonchev–Trinajstić information content (AvgIpc) is 3.44. The number of aliphatic hydroxyl groups is 1. The summed E-state index contributed by atoms with van der Waals surface area (Å²) in [5.41, 5.74) is 2.32. The molecule has 2 aromatic heterocycles. The van der Waals surface area contributed by atoms with Crippen molar-refractivity contribution in [2.75, 3.05) is 46.8 Å². The number of ether oxygens (including phenoxy) is 4. The van der Waals surface area contributed by atoms with Gasteiger partial charge < -0.3 is 29.4 Å². The number of aliphatic imine (C=N–C) groups is 1. The Morgan fingerprint density at radius 1 is 1.10 bits per heavy atom. The first-order valence-corrected chi connectivity index (χ1v) is 13.1. The zero-order valence-corrected chi connectivity index (χ0v) is 23.1. The van der Waals surface area contributed by atoms with Crippen LogP contribution in [0.1, 0.15) is 22.9 Å². The molecule has 1 aromatic carbocycles. The number of esters is 1. The molecule has 0 bridgehead atoms. The molecule has 1 atom stereocenters. The van der Waals surface area contributed by atoms with E-state index >= 15 is 0 Å². The Balaban J connectivity index is 1.47. The minimum absolute atomic E-state index is 0.0202. The molecule has 0 saturated carbocycles. The first-order valence-electron chi connectivity index (χ1n) is 12.7. The summed E-state index contributed by atoms with van der Waals surface area (Å²) in [4.78, 5) is 21.8. The molecular formula is C27H30ClFN6O6. The van der Waals surface area contributed by atoms with Gasteiger partial charge in [-0.15, -0.1) is 5.10 Å². The highest BCUT2D eigenvalue weighted by Crippen LogP contribution is 2.36. The minimum Gasteiger partial charge on any atom is -0.466 e. The Bertz CT molecular complexity index is 1370. The third-order valence-corrected chi connectivity index (χ3v) is 6.22. The highest BCUT2D eigenvalue weighted by atomic mass is 35.5. The van der Waals surface area contributed by atoms with E-state index in [4.69, 9.17) is 40.6 Å². The zero-order valence-electron chi connectivity index (χ0n) is 22.3. The second-order valence-electron chi connectivity index (χ2n) is 8.70. The van der Waals surface area contributed by atoms with Crippen LogP contribution in [0.3, 0.4) is 0 Å². The van der Waals surface area contributed by atoms with Crippen LogP contribution in [0.25, 0.3) is 0 Å². The SMILES string of the molecule is COC(=O)C1=C(COCc2cn(CCOCCOCCO)nn2)NC(c2ccncc2)=N[C@H]1c1ccc(F)cc1Cl. The average molecular weight is 589 g/mol. The molecule has 0 unspecified atom stereocenters. The molecule has 0 aliphatic carbocycles. The molecule has 1 aliphatic heterocycles. The molecule has 2 N–H and O–H groups in total. The van der Waals surface area contributed by atoms with Crippen molar-refractivity contribution in [1.29, 1.82) is 0 Å². The van der Waals surface area contributed by atoms with Crippen molar-refractivity contribution < 1.29 is 33.2 Å². The van der Waals surface area contributed by atoms with Crippen molar-refractivity contribution >= 4 is 23.4 Å². The Labute approximate surface area is 240 Å². The summed E-state index contributed by atoms with van der Waals surface area (Å²) in [6.07, 6.45) is 4.98. The summed E-state index contributed by atoms with van der Waals surface area (Å²) in [6.45, 7) is 2.05. The summed E-state index contributed by atoms with van der Waals surface area (Å²) in [5, 5.41) is 20.2. The third-order valence-electron chi connectivity index (χ3n) is 5.90. The largest absolute Gasteiger partial charge is 0.466 e. The predicted octanol–water partition coefficient (Wildman–Crippen LogP) is 2.23. The van der Waals surface area contributed by atoms with E-state index in [2.05, 4.69) is 20.6 Å². The summed E-state index contributed by atoms with van der Waals surface area (Å²) in [5.74, 6) is -0.687. The number of nitrogens with zero attached hydrogens (tertiary/aromatic N) is 5. The van der Waals surface area contributed by atoms with E-state index < -0.39 is 17.8 Å². The number of nitrogens with one attached hydrogen (secondary N) is 1. The van der Waals surface area contributed by atoms with Crippen molar-refractivity contribution in [2.24, 2.45) is 4.99 Å². The maximum absolute atomic E-state index is 13.8. The van der Waals surface area contributed by atoms with E-state index in [1.54, 1.807) is 35.4 Å². The molecule has 14 heteroatoms. The predicted molar refractivity (Wildman–Crippen MR) is 146 cm³/mol. The molecular weight excluding hydrogens is 559 g/mol. The Morgan fingerprint density at radius 3 is 2.61 bits per heavy atom. The first kappa shape index (κ1) is 30.2. The fourth-order valence-corrected chi connectivity index (χ4v) is 4.25. The van der Waals surface area contributed by atoms with Gasteiger partial charge in [0.25, 0.3) is 0 Å². The maximum Gasteiger partial charge on any atom is 0.338 e. The van der Waals surface area contributed by atoms with Crippen LogP contribution in [0.15, 0.2) is 65.2 Å². The number of rotatable bonds is 15. The van der Waals surface area contributed by atoms with Gasteiger partial charge in [0, 0.05) is 28.5 Å². The van der Waals surface area contributed by atoms with Crippen LogP contribution in [0.2, 0.25) is 5.02 Å². The van der Waals surface area contributed by atoms with E-state index in [1.165, 1.54) is 25.3 Å². The van der Waals surface area contributed by atoms with E-state index in [0.717, 1.165) is 5.56 Å². The number of pyridine rings is 1. The number of halogens is 2. The summed E-state index contributed by atoms with van der Waals surface area (Å²) in [6, 6.07) is 6.57. The summed E-state index contributed by atoms with van der Waals surface area (Å²) in [7, 11) is 1.27. The normalized spacial score (nSPS) is 15.0. The lowest BCUT2D eigenvalue weighted by Gasteiger charge is -2.28. The van der Waals surface area contributed by atoms with Crippen LogP contribution in [0, 0.1) is 5.82 Å². The number of carbonyl (C=O) groups excluding carboxylic acids is 1. The van der Waals surface area contributed by atoms with Gasteiger partial charge in [-0.1, -0.05) is 22.9 Å². The highest BCUT2D eigenvalue weighted by Gasteiger charge is 2.33. The molecule has 0 fully saturated rings. The van der Waals surface area contributed by atoms with Gasteiger partial charge in [0.15, 0.2) is 0 Å². The van der Waals surface area contributed by atoms with Crippen molar-refractivity contribution in [2.45, 2.75) is 19.2 Å². The minimum atomic E-state index is -0.881. The van der Waals surface area contributed by atoms with Crippen LogP contribution < -0.4 is 5.32 Å². The molecule has 3 heterocycles. The Morgan fingerprint density at radius 2 is 1.88 bits per heavy atom. The van der Waals surface area contributed by atoms with E-state index in [1.807, 2.05) is 0 Å². The molecule has 41 heavy (non-hydrogen) atoms. The molecule has 218 valence electrons. The lowest BCUT2D eigenvalue weighted by atomic mass is 9.95. The molecule has 0 radical (unpaired) electrons. The smallest absolute Gasteiger partial charge is 0.338 e. The van der Waals surface area contributed by atoms with Gasteiger partial charge >= 0.3 is 5.97 Å². The van der Waals surface area contributed by atoms with Crippen LogP contribution in [0.4, 0.5) is 4.39 Å². The fraction of sp³-hybridized carbons (Fsp3) is 0.370. The van der Waals surface area contributed by atoms with Crippen LogP contribution in [-0.2, 0) is 36.9 Å². The Hall–Kier alpha value is -3.75. The second kappa shape index (κ2) is 15.3. The summed E-state index contributed by atoms with van der Waals surface area (Å²) >= 11 is 6.39. The van der Waals surface area contributed by atoms with E-state index in [-0.39, 0.29) is 37.0 Å². The monoisotopic (exact) mass is 588 g/mol.